The van der Waals surface area contributed by atoms with Gasteiger partial charge >= 0.3 is 0 Å². The summed E-state index contributed by atoms with van der Waals surface area (Å²) in [7, 11) is 2.01. The highest BCUT2D eigenvalue weighted by Crippen LogP contribution is 2.21. The predicted molar refractivity (Wildman–Crippen MR) is 92.3 cm³/mol. The first kappa shape index (κ1) is 17.0. The van der Waals surface area contributed by atoms with Gasteiger partial charge in [0.25, 0.3) is 0 Å². The number of nitrogens with one attached hydrogen (secondary N) is 2. The Balaban J connectivity index is 1.87. The Kier molecular flexibility index (Phi) is 6.40. The van der Waals surface area contributed by atoms with Crippen LogP contribution in [0.4, 0.5) is 5.69 Å². The highest BCUT2D eigenvalue weighted by atomic mass is 16.2. The monoisotopic (exact) mass is 303 g/mol. The van der Waals surface area contributed by atoms with Crippen molar-refractivity contribution < 1.29 is 4.79 Å². The summed E-state index contributed by atoms with van der Waals surface area (Å²) in [5.41, 5.74) is 3.35. The number of piperidine rings is 1. The van der Waals surface area contributed by atoms with Crippen molar-refractivity contribution in [3.8, 4) is 0 Å². The minimum atomic E-state index is 0.107. The van der Waals surface area contributed by atoms with Crippen molar-refractivity contribution in [2.24, 2.45) is 5.92 Å². The number of carbonyl (C=O) groups is 1. The highest BCUT2D eigenvalue weighted by molar-refractivity contribution is 5.93. The number of hydrogen-bond donors (Lipinski definition) is 2. The highest BCUT2D eigenvalue weighted by Gasteiger charge is 2.20. The molecule has 4 heteroatoms. The fourth-order valence-corrected chi connectivity index (χ4v) is 3.22. The minimum Gasteiger partial charge on any atom is -0.324 e. The van der Waals surface area contributed by atoms with Gasteiger partial charge in [-0.2, -0.15) is 0 Å². The molecule has 122 valence electrons. The predicted octanol–water partition coefficient (Wildman–Crippen LogP) is 2.43. The van der Waals surface area contributed by atoms with Gasteiger partial charge in [0.1, 0.15) is 0 Å². The van der Waals surface area contributed by atoms with E-state index < -0.39 is 0 Å². The van der Waals surface area contributed by atoms with Crippen LogP contribution in [0.3, 0.4) is 0 Å². The summed E-state index contributed by atoms with van der Waals surface area (Å²) in [5, 5.41) is 6.37. The Hall–Kier alpha value is -1.39. The smallest absolute Gasteiger partial charge is 0.238 e. The molecule has 1 aromatic rings. The van der Waals surface area contributed by atoms with Crippen molar-refractivity contribution in [3.63, 3.8) is 0 Å². The summed E-state index contributed by atoms with van der Waals surface area (Å²) in [6, 6.07) is 6.19. The number of para-hydroxylation sites is 1. The third kappa shape index (κ3) is 4.55. The lowest BCUT2D eigenvalue weighted by Gasteiger charge is -2.31. The first-order valence-electron chi connectivity index (χ1n) is 8.39. The molecular weight excluding hydrogens is 274 g/mol. The maximum absolute atomic E-state index is 12.3. The van der Waals surface area contributed by atoms with Crippen molar-refractivity contribution >= 4 is 11.6 Å². The van der Waals surface area contributed by atoms with E-state index in [9.17, 15) is 4.79 Å². The van der Waals surface area contributed by atoms with Crippen LogP contribution in [0.5, 0.6) is 0 Å². The van der Waals surface area contributed by atoms with E-state index in [0.717, 1.165) is 43.2 Å². The quantitative estimate of drug-likeness (QED) is 0.848. The maximum Gasteiger partial charge on any atom is 0.238 e. The topological polar surface area (TPSA) is 44.4 Å². The largest absolute Gasteiger partial charge is 0.324 e. The summed E-state index contributed by atoms with van der Waals surface area (Å²) >= 11 is 0. The second-order valence-corrected chi connectivity index (χ2v) is 6.29. The number of hydrogen-bond acceptors (Lipinski definition) is 3. The normalized spacial score (nSPS) is 16.7. The Morgan fingerprint density at radius 3 is 2.68 bits per heavy atom. The van der Waals surface area contributed by atoms with Gasteiger partial charge in [-0.25, -0.2) is 0 Å². The molecule has 1 fully saturated rings. The van der Waals surface area contributed by atoms with Gasteiger partial charge in [0.2, 0.25) is 5.91 Å². The molecule has 1 amide bonds. The summed E-state index contributed by atoms with van der Waals surface area (Å²) in [6.45, 7) is 7.81. The van der Waals surface area contributed by atoms with Crippen molar-refractivity contribution in [1.82, 2.24) is 10.2 Å². The molecule has 0 radical (unpaired) electrons. The summed E-state index contributed by atoms with van der Waals surface area (Å²) in [4.78, 5) is 14.6. The number of amides is 1. The molecule has 2 rings (SSSR count). The van der Waals surface area contributed by atoms with E-state index in [0.29, 0.717) is 6.54 Å². The van der Waals surface area contributed by atoms with Crippen molar-refractivity contribution in [1.29, 1.82) is 0 Å². The van der Waals surface area contributed by atoms with Crippen molar-refractivity contribution in [3.05, 3.63) is 29.3 Å². The third-order valence-corrected chi connectivity index (χ3v) is 4.57. The van der Waals surface area contributed by atoms with Crippen LogP contribution in [-0.4, -0.2) is 44.0 Å². The van der Waals surface area contributed by atoms with Crippen LogP contribution in [0.25, 0.3) is 0 Å². The van der Waals surface area contributed by atoms with Crippen LogP contribution in [-0.2, 0) is 11.2 Å². The van der Waals surface area contributed by atoms with Crippen LogP contribution in [0, 0.1) is 12.8 Å². The first-order valence-corrected chi connectivity index (χ1v) is 8.39. The fourth-order valence-electron chi connectivity index (χ4n) is 3.22. The molecule has 22 heavy (non-hydrogen) atoms. The van der Waals surface area contributed by atoms with E-state index in [4.69, 9.17) is 0 Å². The molecule has 0 spiro atoms. The van der Waals surface area contributed by atoms with E-state index in [1.807, 2.05) is 7.05 Å². The van der Waals surface area contributed by atoms with E-state index >= 15 is 0 Å². The molecule has 0 saturated carbocycles. The second kappa shape index (κ2) is 8.30. The summed E-state index contributed by atoms with van der Waals surface area (Å²) < 4.78 is 0. The summed E-state index contributed by atoms with van der Waals surface area (Å²) in [5.74, 6) is 0.864. The number of aryl methyl sites for hydroxylation is 2. The number of carbonyl (C=O) groups excluding carboxylic acids is 1. The van der Waals surface area contributed by atoms with Crippen LogP contribution >= 0.6 is 0 Å². The average molecular weight is 303 g/mol. The van der Waals surface area contributed by atoms with Crippen LogP contribution in [0.15, 0.2) is 18.2 Å². The van der Waals surface area contributed by atoms with E-state index in [2.05, 4.69) is 47.6 Å². The molecule has 1 aliphatic rings. The summed E-state index contributed by atoms with van der Waals surface area (Å²) in [6.07, 6.45) is 3.30. The Labute approximate surface area is 134 Å². The van der Waals surface area contributed by atoms with Gasteiger partial charge in [-0.15, -0.1) is 0 Å². The standard InChI is InChI=1S/C18H29N3O/c1-4-16-7-5-6-14(2)18(16)20-17(22)13-21-10-8-15(9-11-21)12-19-3/h5-7,15,19H,4,8-13H2,1-3H3,(H,20,22). The average Bonchev–Trinajstić information content (AvgIpc) is 2.51. The fraction of sp³-hybridized carbons (Fsp3) is 0.611. The zero-order valence-electron chi connectivity index (χ0n) is 14.1. The molecule has 1 saturated heterocycles. The Morgan fingerprint density at radius 2 is 2.05 bits per heavy atom. The number of likely N-dealkylation sites (tertiary alicyclic amines) is 1. The van der Waals surface area contributed by atoms with Crippen molar-refractivity contribution in [2.75, 3.05) is 38.5 Å². The van der Waals surface area contributed by atoms with Crippen molar-refractivity contribution in [2.45, 2.75) is 33.1 Å². The zero-order chi connectivity index (χ0) is 15.9. The third-order valence-electron chi connectivity index (χ3n) is 4.57. The van der Waals surface area contributed by atoms with Gasteiger partial charge in [-0.05, 0) is 69.9 Å². The zero-order valence-corrected chi connectivity index (χ0v) is 14.1. The van der Waals surface area contributed by atoms with Crippen LogP contribution in [0.2, 0.25) is 0 Å². The molecule has 0 aromatic heterocycles. The molecular formula is C18H29N3O. The van der Waals surface area contributed by atoms with Gasteiger partial charge in [0.05, 0.1) is 6.54 Å². The Morgan fingerprint density at radius 1 is 1.32 bits per heavy atom. The van der Waals surface area contributed by atoms with Gasteiger partial charge in [0.15, 0.2) is 0 Å². The van der Waals surface area contributed by atoms with Crippen LogP contribution < -0.4 is 10.6 Å². The van der Waals surface area contributed by atoms with Gasteiger partial charge in [-0.1, -0.05) is 25.1 Å². The lowest BCUT2D eigenvalue weighted by molar-refractivity contribution is -0.117. The number of nitrogens with zero attached hydrogens (tertiary/aromatic N) is 1. The molecule has 0 bridgehead atoms. The lowest BCUT2D eigenvalue weighted by Crippen LogP contribution is -2.41. The minimum absolute atomic E-state index is 0.107. The molecule has 4 nitrogen and oxygen atoms in total. The molecule has 0 aliphatic carbocycles. The lowest BCUT2D eigenvalue weighted by atomic mass is 9.97. The number of anilines is 1. The molecule has 0 atom stereocenters. The first-order chi connectivity index (χ1) is 10.6. The van der Waals surface area contributed by atoms with E-state index in [-0.39, 0.29) is 5.91 Å². The maximum atomic E-state index is 12.3. The van der Waals surface area contributed by atoms with Gasteiger partial charge in [0, 0.05) is 5.69 Å². The van der Waals surface area contributed by atoms with Gasteiger partial charge in [-0.3, -0.25) is 9.69 Å². The van der Waals surface area contributed by atoms with E-state index in [1.54, 1.807) is 0 Å². The number of rotatable bonds is 6. The Bertz CT molecular complexity index is 493. The molecule has 1 heterocycles. The molecule has 2 N–H and O–H groups in total. The SMILES string of the molecule is CCc1cccc(C)c1NC(=O)CN1CCC(CNC)CC1. The number of benzene rings is 1. The van der Waals surface area contributed by atoms with E-state index in [1.165, 1.54) is 18.4 Å². The molecule has 1 aromatic carbocycles. The second-order valence-electron chi connectivity index (χ2n) is 6.29. The van der Waals surface area contributed by atoms with Crippen LogP contribution in [0.1, 0.15) is 30.9 Å². The molecule has 0 unspecified atom stereocenters. The molecule has 1 aliphatic heterocycles. The van der Waals surface area contributed by atoms with Gasteiger partial charge < -0.3 is 10.6 Å².